The maximum absolute atomic E-state index is 12.2. The van der Waals surface area contributed by atoms with Crippen LogP contribution in [0, 0.1) is 0 Å². The fourth-order valence-corrected chi connectivity index (χ4v) is 4.44. The van der Waals surface area contributed by atoms with Gasteiger partial charge in [-0.3, -0.25) is 14.1 Å². The van der Waals surface area contributed by atoms with Gasteiger partial charge in [0.2, 0.25) is 0 Å². The molecule has 0 aromatic heterocycles. The van der Waals surface area contributed by atoms with Crippen LogP contribution in [-0.4, -0.2) is 41.0 Å². The van der Waals surface area contributed by atoms with Crippen LogP contribution in [0.4, 0.5) is 0 Å². The van der Waals surface area contributed by atoms with Crippen LogP contribution in [0.15, 0.2) is 12.2 Å². The Morgan fingerprint density at radius 2 is 1.18 bits per heavy atom. The zero-order valence-electron chi connectivity index (χ0n) is 24.1. The van der Waals surface area contributed by atoms with Crippen LogP contribution in [0.1, 0.15) is 142 Å². The molecule has 0 amide bonds. The van der Waals surface area contributed by atoms with Gasteiger partial charge in [-0.2, -0.15) is 0 Å². The van der Waals surface area contributed by atoms with E-state index in [4.69, 9.17) is 19.3 Å². The molecule has 0 bridgehead atoms. The van der Waals surface area contributed by atoms with Gasteiger partial charge in [0.15, 0.2) is 6.10 Å². The number of hydrogen-bond acceptors (Lipinski definition) is 6. The van der Waals surface area contributed by atoms with Crippen molar-refractivity contribution >= 4 is 19.8 Å². The summed E-state index contributed by atoms with van der Waals surface area (Å²) in [5.74, 6) is -0.900. The molecule has 1 atom stereocenters. The first kappa shape index (κ1) is 36.8. The minimum atomic E-state index is -4.73. The van der Waals surface area contributed by atoms with Gasteiger partial charge in [0, 0.05) is 12.8 Å². The molecule has 2 N–H and O–H groups in total. The lowest BCUT2D eigenvalue weighted by Gasteiger charge is -2.18. The molecule has 0 spiro atoms. The van der Waals surface area contributed by atoms with E-state index in [1.807, 2.05) is 0 Å². The van der Waals surface area contributed by atoms with Crippen LogP contribution >= 0.6 is 7.82 Å². The first-order chi connectivity index (χ1) is 18.3. The fraction of sp³-hybridized carbons (Fsp3) is 0.862. The summed E-state index contributed by atoms with van der Waals surface area (Å²) >= 11 is 0. The van der Waals surface area contributed by atoms with Gasteiger partial charge in [-0.05, 0) is 32.1 Å². The number of rotatable bonds is 27. The monoisotopic (exact) mass is 562 g/mol. The van der Waals surface area contributed by atoms with Crippen molar-refractivity contribution in [2.24, 2.45) is 0 Å². The summed E-state index contributed by atoms with van der Waals surface area (Å²) in [6.45, 7) is 3.52. The van der Waals surface area contributed by atoms with Crippen LogP contribution in [0.25, 0.3) is 0 Å². The zero-order chi connectivity index (χ0) is 28.3. The molecular weight excluding hydrogens is 507 g/mol. The number of esters is 2. The Morgan fingerprint density at radius 1 is 0.684 bits per heavy atom. The third-order valence-electron chi connectivity index (χ3n) is 6.30. The second-order valence-corrected chi connectivity index (χ2v) is 11.3. The van der Waals surface area contributed by atoms with Crippen molar-refractivity contribution in [1.82, 2.24) is 0 Å². The highest BCUT2D eigenvalue weighted by Crippen LogP contribution is 2.35. The van der Waals surface area contributed by atoms with Crippen LogP contribution in [0.2, 0.25) is 0 Å². The molecule has 0 unspecified atom stereocenters. The van der Waals surface area contributed by atoms with Crippen molar-refractivity contribution in [3.05, 3.63) is 12.2 Å². The van der Waals surface area contributed by atoms with E-state index in [0.29, 0.717) is 6.42 Å². The molecule has 0 rings (SSSR count). The Bertz CT molecular complexity index is 646. The maximum Gasteiger partial charge on any atom is 0.469 e. The molecule has 0 aliphatic carbocycles. The zero-order valence-corrected chi connectivity index (χ0v) is 25.0. The minimum absolute atomic E-state index is 0.203. The van der Waals surface area contributed by atoms with E-state index in [-0.39, 0.29) is 19.4 Å². The largest absolute Gasteiger partial charge is 0.469 e. The average Bonchev–Trinajstić information content (AvgIpc) is 2.87. The average molecular weight is 563 g/mol. The lowest BCUT2D eigenvalue weighted by molar-refractivity contribution is -0.161. The van der Waals surface area contributed by atoms with Crippen molar-refractivity contribution in [2.75, 3.05) is 13.2 Å². The Morgan fingerprint density at radius 3 is 1.71 bits per heavy atom. The van der Waals surface area contributed by atoms with E-state index in [1.165, 1.54) is 51.4 Å². The highest BCUT2D eigenvalue weighted by Gasteiger charge is 2.22. The number of carbonyl (C=O) groups is 2. The van der Waals surface area contributed by atoms with Crippen LogP contribution in [-0.2, 0) is 28.2 Å². The molecule has 38 heavy (non-hydrogen) atoms. The van der Waals surface area contributed by atoms with E-state index in [0.717, 1.165) is 57.8 Å². The van der Waals surface area contributed by atoms with Gasteiger partial charge in [0.1, 0.15) is 6.61 Å². The second-order valence-electron chi connectivity index (χ2n) is 10.1. The number of phosphoric ester groups is 1. The smallest absolute Gasteiger partial charge is 0.462 e. The van der Waals surface area contributed by atoms with Gasteiger partial charge in [0.05, 0.1) is 6.61 Å². The number of unbranched alkanes of at least 4 members (excludes halogenated alkanes) is 15. The molecule has 0 saturated carbocycles. The standard InChI is InChI=1S/C29H55O8P/c1-3-5-7-9-11-13-14-16-17-19-21-23-28(30)35-25-27(26-36-38(32,33)34)37-29(31)24-22-20-18-15-12-10-8-6-4-2/h6,8,27H,3-5,7,9-26H2,1-2H3,(H2,32,33,34)/b8-6+/t27-/m0/s1. The quantitative estimate of drug-likeness (QED) is 0.0448. The summed E-state index contributed by atoms with van der Waals surface area (Å²) in [5.41, 5.74) is 0. The summed E-state index contributed by atoms with van der Waals surface area (Å²) in [6.07, 6.45) is 23.8. The van der Waals surface area contributed by atoms with Gasteiger partial charge >= 0.3 is 19.8 Å². The Balaban J connectivity index is 4.06. The molecular formula is C29H55O8P. The fourth-order valence-electron chi connectivity index (χ4n) is 4.08. The van der Waals surface area contributed by atoms with Crippen LogP contribution < -0.4 is 0 Å². The number of hydrogen-bond donors (Lipinski definition) is 2. The van der Waals surface area contributed by atoms with Gasteiger partial charge < -0.3 is 19.3 Å². The first-order valence-electron chi connectivity index (χ1n) is 15.0. The molecule has 0 aromatic carbocycles. The van der Waals surface area contributed by atoms with E-state index in [9.17, 15) is 14.2 Å². The summed E-state index contributed by atoms with van der Waals surface area (Å²) in [5, 5.41) is 0. The predicted molar refractivity (Wildman–Crippen MR) is 152 cm³/mol. The van der Waals surface area contributed by atoms with Crippen LogP contribution in [0.3, 0.4) is 0 Å². The lowest BCUT2D eigenvalue weighted by Crippen LogP contribution is -2.29. The molecule has 0 heterocycles. The lowest BCUT2D eigenvalue weighted by atomic mass is 10.1. The van der Waals surface area contributed by atoms with Crippen molar-refractivity contribution in [2.45, 2.75) is 148 Å². The summed E-state index contributed by atoms with van der Waals surface area (Å²) < 4.78 is 26.0. The molecule has 0 aliphatic rings. The van der Waals surface area contributed by atoms with Crippen molar-refractivity contribution < 1.29 is 37.9 Å². The SMILES string of the molecule is CC/C=C/CCCCCCCC(=O)O[C@@H](COC(=O)CCCCCCCCCCCCC)COP(=O)(O)O. The maximum atomic E-state index is 12.2. The van der Waals surface area contributed by atoms with Gasteiger partial charge in [-0.1, -0.05) is 109 Å². The van der Waals surface area contributed by atoms with E-state index in [1.54, 1.807) is 0 Å². The van der Waals surface area contributed by atoms with E-state index >= 15 is 0 Å². The van der Waals surface area contributed by atoms with Crippen molar-refractivity contribution in [1.29, 1.82) is 0 Å². The van der Waals surface area contributed by atoms with Crippen LogP contribution in [0.5, 0.6) is 0 Å². The van der Waals surface area contributed by atoms with Gasteiger partial charge in [0.25, 0.3) is 0 Å². The summed E-state index contributed by atoms with van der Waals surface area (Å²) in [4.78, 5) is 42.2. The van der Waals surface area contributed by atoms with E-state index in [2.05, 4.69) is 30.5 Å². The highest BCUT2D eigenvalue weighted by atomic mass is 31.2. The number of phosphoric acid groups is 1. The normalized spacial score (nSPS) is 12.6. The molecule has 8 nitrogen and oxygen atoms in total. The van der Waals surface area contributed by atoms with Crippen molar-refractivity contribution in [3.8, 4) is 0 Å². The molecule has 0 aliphatic heterocycles. The Labute approximate surface area is 231 Å². The van der Waals surface area contributed by atoms with Crippen molar-refractivity contribution in [3.63, 3.8) is 0 Å². The molecule has 0 saturated heterocycles. The van der Waals surface area contributed by atoms with E-state index < -0.39 is 32.5 Å². The number of allylic oxidation sites excluding steroid dienone is 2. The summed E-state index contributed by atoms with van der Waals surface area (Å²) in [7, 11) is -4.73. The molecule has 0 fully saturated rings. The second kappa shape index (κ2) is 26.0. The molecule has 0 aromatic rings. The molecule has 9 heteroatoms. The Hall–Kier alpha value is -1.21. The van der Waals surface area contributed by atoms with Gasteiger partial charge in [-0.25, -0.2) is 4.57 Å². The molecule has 224 valence electrons. The highest BCUT2D eigenvalue weighted by molar-refractivity contribution is 7.46. The minimum Gasteiger partial charge on any atom is -0.462 e. The molecule has 0 radical (unpaired) electrons. The topological polar surface area (TPSA) is 119 Å². The first-order valence-corrected chi connectivity index (χ1v) is 16.5. The van der Waals surface area contributed by atoms with Gasteiger partial charge in [-0.15, -0.1) is 0 Å². The number of ether oxygens (including phenoxy) is 2. The summed E-state index contributed by atoms with van der Waals surface area (Å²) in [6, 6.07) is 0. The Kier molecular flexibility index (Phi) is 25.2. The third-order valence-corrected chi connectivity index (χ3v) is 6.78. The third kappa shape index (κ3) is 27.8. The predicted octanol–water partition coefficient (Wildman–Crippen LogP) is 7.95. The number of carbonyl (C=O) groups excluding carboxylic acids is 2.